The van der Waals surface area contributed by atoms with Gasteiger partial charge in [0.2, 0.25) is 0 Å². The summed E-state index contributed by atoms with van der Waals surface area (Å²) in [5.41, 5.74) is 6.30. The van der Waals surface area contributed by atoms with Crippen molar-refractivity contribution >= 4 is 24.0 Å². The molecule has 0 amide bonds. The van der Waals surface area contributed by atoms with Crippen molar-refractivity contribution in [2.75, 3.05) is 0 Å². The van der Waals surface area contributed by atoms with Gasteiger partial charge >= 0.3 is 0 Å². The monoisotopic (exact) mass is 307 g/mol. The Morgan fingerprint density at radius 3 is 2.53 bits per heavy atom. The minimum absolute atomic E-state index is 0. The Morgan fingerprint density at radius 2 is 1.89 bits per heavy atom. The standard InChI is InChI=1S/C14H19ClFNO.ClH/c15-11-8-4-7-10(12(11)16)13(17)14(18)9-5-2-1-3-6-9;/h4,7-9,13-14,18H,1-3,5-6,17H2;1H/t13-,14+;/m0./s1. The van der Waals surface area contributed by atoms with Gasteiger partial charge in [-0.3, -0.25) is 0 Å². The van der Waals surface area contributed by atoms with Crippen LogP contribution in [0.5, 0.6) is 0 Å². The molecule has 0 bridgehead atoms. The van der Waals surface area contributed by atoms with Crippen LogP contribution in [0.4, 0.5) is 4.39 Å². The van der Waals surface area contributed by atoms with Gasteiger partial charge in [0.05, 0.1) is 17.2 Å². The van der Waals surface area contributed by atoms with Gasteiger partial charge in [0, 0.05) is 5.56 Å². The summed E-state index contributed by atoms with van der Waals surface area (Å²) >= 11 is 5.74. The van der Waals surface area contributed by atoms with Crippen LogP contribution in [0.3, 0.4) is 0 Å². The van der Waals surface area contributed by atoms with Crippen LogP contribution in [-0.4, -0.2) is 11.2 Å². The molecule has 1 saturated carbocycles. The van der Waals surface area contributed by atoms with Crippen molar-refractivity contribution in [3.8, 4) is 0 Å². The van der Waals surface area contributed by atoms with Crippen molar-refractivity contribution in [3.63, 3.8) is 0 Å². The van der Waals surface area contributed by atoms with E-state index in [-0.39, 0.29) is 23.3 Å². The summed E-state index contributed by atoms with van der Waals surface area (Å²) in [7, 11) is 0. The molecule has 1 aliphatic rings. The predicted octanol–water partition coefficient (Wildman–Crippen LogP) is 3.84. The first kappa shape index (κ1) is 16.7. The van der Waals surface area contributed by atoms with Crippen LogP contribution >= 0.6 is 24.0 Å². The summed E-state index contributed by atoms with van der Waals surface area (Å²) in [6.07, 6.45) is 4.69. The normalized spacial score (nSPS) is 19.6. The van der Waals surface area contributed by atoms with Gasteiger partial charge in [-0.05, 0) is 24.8 Å². The minimum Gasteiger partial charge on any atom is -0.391 e. The minimum atomic E-state index is -0.702. The third kappa shape index (κ3) is 3.82. The van der Waals surface area contributed by atoms with E-state index >= 15 is 0 Å². The lowest BCUT2D eigenvalue weighted by molar-refractivity contribution is 0.0608. The van der Waals surface area contributed by atoms with Crippen LogP contribution in [0.15, 0.2) is 18.2 Å². The fourth-order valence-electron chi connectivity index (χ4n) is 2.73. The number of hydrogen-bond acceptors (Lipinski definition) is 2. The maximum atomic E-state index is 13.9. The maximum absolute atomic E-state index is 13.9. The highest BCUT2D eigenvalue weighted by Gasteiger charge is 2.29. The Labute approximate surface area is 124 Å². The molecule has 0 saturated heterocycles. The van der Waals surface area contributed by atoms with Crippen LogP contribution in [0.2, 0.25) is 5.02 Å². The fourth-order valence-corrected chi connectivity index (χ4v) is 2.91. The Morgan fingerprint density at radius 1 is 1.26 bits per heavy atom. The lowest BCUT2D eigenvalue weighted by Crippen LogP contribution is -2.34. The van der Waals surface area contributed by atoms with Crippen molar-refractivity contribution in [1.29, 1.82) is 0 Å². The second-order valence-corrected chi connectivity index (χ2v) is 5.46. The molecule has 3 N–H and O–H groups in total. The van der Waals surface area contributed by atoms with Crippen LogP contribution < -0.4 is 5.73 Å². The molecule has 2 atom stereocenters. The second kappa shape index (κ2) is 7.44. The largest absolute Gasteiger partial charge is 0.391 e. The third-order valence-corrected chi connectivity index (χ3v) is 4.13. The van der Waals surface area contributed by atoms with Gasteiger partial charge < -0.3 is 10.8 Å². The molecule has 2 rings (SSSR count). The summed E-state index contributed by atoms with van der Waals surface area (Å²) in [6.45, 7) is 0. The van der Waals surface area contributed by atoms with E-state index in [4.69, 9.17) is 17.3 Å². The van der Waals surface area contributed by atoms with Crippen LogP contribution in [0.25, 0.3) is 0 Å². The van der Waals surface area contributed by atoms with Crippen molar-refractivity contribution in [3.05, 3.63) is 34.6 Å². The highest BCUT2D eigenvalue weighted by molar-refractivity contribution is 6.30. The maximum Gasteiger partial charge on any atom is 0.146 e. The lowest BCUT2D eigenvalue weighted by Gasteiger charge is -2.30. The topological polar surface area (TPSA) is 46.2 Å². The molecule has 5 heteroatoms. The van der Waals surface area contributed by atoms with Crippen molar-refractivity contribution in [2.24, 2.45) is 11.7 Å². The summed E-state index contributed by atoms with van der Waals surface area (Å²) in [5.74, 6) is -0.339. The van der Waals surface area contributed by atoms with Crippen molar-refractivity contribution < 1.29 is 9.50 Å². The third-order valence-electron chi connectivity index (χ3n) is 3.84. The first-order chi connectivity index (χ1) is 8.61. The molecule has 1 aromatic carbocycles. The van der Waals surface area contributed by atoms with E-state index in [9.17, 15) is 9.50 Å². The van der Waals surface area contributed by atoms with Crippen molar-refractivity contribution in [1.82, 2.24) is 0 Å². The zero-order valence-electron chi connectivity index (χ0n) is 10.7. The van der Waals surface area contributed by atoms with E-state index in [1.54, 1.807) is 12.1 Å². The van der Waals surface area contributed by atoms with E-state index in [1.165, 1.54) is 12.5 Å². The van der Waals surface area contributed by atoms with Gasteiger partial charge in [-0.1, -0.05) is 43.0 Å². The summed E-state index contributed by atoms with van der Waals surface area (Å²) in [6, 6.07) is 4.04. The molecule has 0 spiro atoms. The lowest BCUT2D eigenvalue weighted by atomic mass is 9.81. The molecule has 0 radical (unpaired) electrons. The molecule has 19 heavy (non-hydrogen) atoms. The number of hydrogen-bond donors (Lipinski definition) is 2. The average Bonchev–Trinajstić information content (AvgIpc) is 2.41. The summed E-state index contributed by atoms with van der Waals surface area (Å²) in [4.78, 5) is 0. The number of benzene rings is 1. The van der Waals surface area contributed by atoms with Gasteiger partial charge in [0.25, 0.3) is 0 Å². The van der Waals surface area contributed by atoms with Crippen LogP contribution in [0, 0.1) is 11.7 Å². The van der Waals surface area contributed by atoms with Crippen LogP contribution in [0.1, 0.15) is 43.7 Å². The first-order valence-corrected chi connectivity index (χ1v) is 6.86. The van der Waals surface area contributed by atoms with E-state index < -0.39 is 18.0 Å². The Bertz CT molecular complexity index is 410. The molecule has 0 unspecified atom stereocenters. The Balaban J connectivity index is 0.00000180. The van der Waals surface area contributed by atoms with E-state index in [0.29, 0.717) is 5.56 Å². The molecule has 0 heterocycles. The zero-order chi connectivity index (χ0) is 13.1. The second-order valence-electron chi connectivity index (χ2n) is 5.06. The highest BCUT2D eigenvalue weighted by atomic mass is 35.5. The smallest absolute Gasteiger partial charge is 0.146 e. The molecule has 0 aromatic heterocycles. The first-order valence-electron chi connectivity index (χ1n) is 6.49. The summed E-state index contributed by atoms with van der Waals surface area (Å²) in [5, 5.41) is 10.3. The Hall–Kier alpha value is -0.350. The molecule has 1 aromatic rings. The summed E-state index contributed by atoms with van der Waals surface area (Å²) < 4.78 is 13.9. The molecular weight excluding hydrogens is 288 g/mol. The van der Waals surface area contributed by atoms with Gasteiger partial charge in [0.1, 0.15) is 5.82 Å². The van der Waals surface area contributed by atoms with Crippen LogP contribution in [-0.2, 0) is 0 Å². The molecule has 108 valence electrons. The quantitative estimate of drug-likeness (QED) is 0.891. The Kier molecular flexibility index (Phi) is 6.54. The SMILES string of the molecule is Cl.N[C@@H](c1cccc(Cl)c1F)[C@H](O)C1CCCCC1. The fraction of sp³-hybridized carbons (Fsp3) is 0.571. The highest BCUT2D eigenvalue weighted by Crippen LogP contribution is 2.33. The van der Waals surface area contributed by atoms with Gasteiger partial charge in [-0.25, -0.2) is 4.39 Å². The van der Waals surface area contributed by atoms with E-state index in [0.717, 1.165) is 25.7 Å². The molecule has 1 aliphatic carbocycles. The van der Waals surface area contributed by atoms with E-state index in [2.05, 4.69) is 0 Å². The molecule has 2 nitrogen and oxygen atoms in total. The number of rotatable bonds is 3. The number of halogens is 3. The van der Waals surface area contributed by atoms with Crippen molar-refractivity contribution in [2.45, 2.75) is 44.2 Å². The number of nitrogens with two attached hydrogens (primary N) is 1. The molecule has 1 fully saturated rings. The molecular formula is C14H20Cl2FNO. The van der Waals surface area contributed by atoms with Gasteiger partial charge in [-0.15, -0.1) is 12.4 Å². The number of aliphatic hydroxyl groups is 1. The zero-order valence-corrected chi connectivity index (χ0v) is 12.3. The predicted molar refractivity (Wildman–Crippen MR) is 78.2 cm³/mol. The van der Waals surface area contributed by atoms with Gasteiger partial charge in [0.15, 0.2) is 0 Å². The number of aliphatic hydroxyl groups excluding tert-OH is 1. The molecule has 0 aliphatic heterocycles. The van der Waals surface area contributed by atoms with Gasteiger partial charge in [-0.2, -0.15) is 0 Å². The average molecular weight is 308 g/mol. The van der Waals surface area contributed by atoms with E-state index in [1.807, 2.05) is 0 Å².